The van der Waals surface area contributed by atoms with Gasteiger partial charge >= 0.3 is 0 Å². The largest absolute Gasteiger partial charge is 0.369 e. The quantitative estimate of drug-likeness (QED) is 0.925. The van der Waals surface area contributed by atoms with Crippen molar-refractivity contribution in [3.63, 3.8) is 0 Å². The van der Waals surface area contributed by atoms with Gasteiger partial charge in [0.2, 0.25) is 5.95 Å². The third kappa shape index (κ3) is 2.76. The Balaban J connectivity index is 2.40. The minimum Gasteiger partial charge on any atom is -0.369 e. The highest BCUT2D eigenvalue weighted by Gasteiger charge is 2.20. The van der Waals surface area contributed by atoms with E-state index < -0.39 is 0 Å². The van der Waals surface area contributed by atoms with Crippen LogP contribution in [0, 0.1) is 0 Å². The molecule has 0 aliphatic carbocycles. The van der Waals surface area contributed by atoms with Gasteiger partial charge in [-0.1, -0.05) is 13.8 Å². The van der Waals surface area contributed by atoms with E-state index in [1.165, 1.54) is 12.8 Å². The summed E-state index contributed by atoms with van der Waals surface area (Å²) < 4.78 is 1.00. The van der Waals surface area contributed by atoms with E-state index in [2.05, 4.69) is 51.9 Å². The third-order valence-corrected chi connectivity index (χ3v) is 3.93. The van der Waals surface area contributed by atoms with Crippen molar-refractivity contribution in [2.24, 2.45) is 0 Å². The van der Waals surface area contributed by atoms with Crippen molar-refractivity contribution >= 4 is 27.7 Å². The Morgan fingerprint density at radius 1 is 1.28 bits per heavy atom. The highest BCUT2D eigenvalue weighted by molar-refractivity contribution is 9.10. The first-order chi connectivity index (χ1) is 8.63. The van der Waals surface area contributed by atoms with E-state index in [9.17, 15) is 0 Å². The molecular formula is C13H21BrN4. The first-order valence-electron chi connectivity index (χ1n) is 6.69. The summed E-state index contributed by atoms with van der Waals surface area (Å²) in [5, 5.41) is 3.31. The minimum absolute atomic E-state index is 0.390. The molecule has 0 amide bonds. The molecule has 100 valence electrons. The van der Waals surface area contributed by atoms with Crippen molar-refractivity contribution in [1.29, 1.82) is 0 Å². The molecule has 18 heavy (non-hydrogen) atoms. The minimum atomic E-state index is 0.390. The van der Waals surface area contributed by atoms with Gasteiger partial charge in [0.15, 0.2) is 0 Å². The number of nitrogens with zero attached hydrogens (tertiary/aromatic N) is 3. The van der Waals surface area contributed by atoms with Gasteiger partial charge in [0.05, 0.1) is 10.2 Å². The van der Waals surface area contributed by atoms with Crippen molar-refractivity contribution < 1.29 is 0 Å². The van der Waals surface area contributed by atoms with Gasteiger partial charge in [-0.2, -0.15) is 4.98 Å². The fraction of sp³-hybridized carbons (Fsp3) is 0.692. The van der Waals surface area contributed by atoms with Crippen LogP contribution in [0.3, 0.4) is 0 Å². The Morgan fingerprint density at radius 2 is 1.94 bits per heavy atom. The van der Waals surface area contributed by atoms with Crippen LogP contribution < -0.4 is 10.2 Å². The van der Waals surface area contributed by atoms with Crippen molar-refractivity contribution in [1.82, 2.24) is 9.97 Å². The molecule has 0 bridgehead atoms. The van der Waals surface area contributed by atoms with Crippen LogP contribution in [0.25, 0.3) is 0 Å². The number of hydrogen-bond donors (Lipinski definition) is 1. The van der Waals surface area contributed by atoms with Gasteiger partial charge in [-0.25, -0.2) is 4.98 Å². The van der Waals surface area contributed by atoms with Crippen LogP contribution in [-0.2, 0) is 0 Å². The standard InChI is InChI=1S/C13H21BrN4/c1-4-15-12-10(14)11(9(2)3)16-13(17-12)18-7-5-6-8-18/h9H,4-8H2,1-3H3,(H,15,16,17). The number of rotatable bonds is 4. The summed E-state index contributed by atoms with van der Waals surface area (Å²) in [5.74, 6) is 2.18. The number of aromatic nitrogens is 2. The van der Waals surface area contributed by atoms with E-state index in [1.54, 1.807) is 0 Å². The fourth-order valence-electron chi connectivity index (χ4n) is 2.18. The molecule has 5 heteroatoms. The van der Waals surface area contributed by atoms with Gasteiger partial charge in [0.1, 0.15) is 5.82 Å². The Labute approximate surface area is 117 Å². The predicted octanol–water partition coefficient (Wildman–Crippen LogP) is 3.39. The fourth-order valence-corrected chi connectivity index (χ4v) is 2.95. The Morgan fingerprint density at radius 3 is 2.50 bits per heavy atom. The topological polar surface area (TPSA) is 41.1 Å². The molecule has 1 aromatic rings. The van der Waals surface area contributed by atoms with Crippen LogP contribution >= 0.6 is 15.9 Å². The maximum atomic E-state index is 4.72. The van der Waals surface area contributed by atoms with Gasteiger partial charge in [-0.05, 0) is 41.6 Å². The smallest absolute Gasteiger partial charge is 0.227 e. The van der Waals surface area contributed by atoms with Crippen molar-refractivity contribution in [2.75, 3.05) is 29.9 Å². The zero-order chi connectivity index (χ0) is 13.1. The average Bonchev–Trinajstić information content (AvgIpc) is 2.85. The number of anilines is 2. The molecule has 1 fully saturated rings. The molecule has 0 radical (unpaired) electrons. The maximum absolute atomic E-state index is 4.72. The van der Waals surface area contributed by atoms with Gasteiger partial charge in [-0.3, -0.25) is 0 Å². The third-order valence-electron chi connectivity index (χ3n) is 3.15. The zero-order valence-electron chi connectivity index (χ0n) is 11.3. The van der Waals surface area contributed by atoms with E-state index in [4.69, 9.17) is 4.98 Å². The number of hydrogen-bond acceptors (Lipinski definition) is 4. The van der Waals surface area contributed by atoms with Gasteiger partial charge in [-0.15, -0.1) is 0 Å². The summed E-state index contributed by atoms with van der Waals surface area (Å²) in [4.78, 5) is 11.6. The number of nitrogens with one attached hydrogen (secondary N) is 1. The highest BCUT2D eigenvalue weighted by atomic mass is 79.9. The van der Waals surface area contributed by atoms with Crippen molar-refractivity contribution in [3.8, 4) is 0 Å². The SMILES string of the molecule is CCNc1nc(N2CCCC2)nc(C(C)C)c1Br. The second-order valence-electron chi connectivity index (χ2n) is 4.95. The molecular weight excluding hydrogens is 292 g/mol. The lowest BCUT2D eigenvalue weighted by Crippen LogP contribution is -2.22. The summed E-state index contributed by atoms with van der Waals surface area (Å²) >= 11 is 3.62. The molecule has 1 aromatic heterocycles. The van der Waals surface area contributed by atoms with Crippen LogP contribution in [0.5, 0.6) is 0 Å². The Bertz CT molecular complexity index is 414. The van der Waals surface area contributed by atoms with E-state index in [1.807, 2.05) is 0 Å². The van der Waals surface area contributed by atoms with Crippen LogP contribution in [-0.4, -0.2) is 29.6 Å². The molecule has 4 nitrogen and oxygen atoms in total. The second-order valence-corrected chi connectivity index (χ2v) is 5.74. The normalized spacial score (nSPS) is 15.5. The lowest BCUT2D eigenvalue weighted by molar-refractivity contribution is 0.788. The molecule has 0 unspecified atom stereocenters. The Hall–Kier alpha value is -0.840. The molecule has 0 atom stereocenters. The van der Waals surface area contributed by atoms with E-state index in [0.29, 0.717) is 5.92 Å². The van der Waals surface area contributed by atoms with Crippen LogP contribution in [0.1, 0.15) is 45.2 Å². The van der Waals surface area contributed by atoms with Gasteiger partial charge < -0.3 is 10.2 Å². The predicted molar refractivity (Wildman–Crippen MR) is 79.4 cm³/mol. The molecule has 0 aromatic carbocycles. The van der Waals surface area contributed by atoms with E-state index >= 15 is 0 Å². The van der Waals surface area contributed by atoms with Gasteiger partial charge in [0.25, 0.3) is 0 Å². The van der Waals surface area contributed by atoms with E-state index in [0.717, 1.165) is 41.6 Å². The molecule has 0 spiro atoms. The summed E-state index contributed by atoms with van der Waals surface area (Å²) in [6, 6.07) is 0. The second kappa shape index (κ2) is 5.87. The van der Waals surface area contributed by atoms with Crippen molar-refractivity contribution in [3.05, 3.63) is 10.2 Å². The molecule has 0 saturated carbocycles. The van der Waals surface area contributed by atoms with Crippen LogP contribution in [0.4, 0.5) is 11.8 Å². The van der Waals surface area contributed by atoms with Crippen molar-refractivity contribution in [2.45, 2.75) is 39.5 Å². The summed E-state index contributed by atoms with van der Waals surface area (Å²) in [5.41, 5.74) is 1.09. The summed E-state index contributed by atoms with van der Waals surface area (Å²) in [6.07, 6.45) is 2.49. The molecule has 1 aliphatic heterocycles. The highest BCUT2D eigenvalue weighted by Crippen LogP contribution is 2.31. The maximum Gasteiger partial charge on any atom is 0.227 e. The summed E-state index contributed by atoms with van der Waals surface area (Å²) in [6.45, 7) is 9.42. The molecule has 1 N–H and O–H groups in total. The average molecular weight is 313 g/mol. The first kappa shape index (κ1) is 13.6. The lowest BCUT2D eigenvalue weighted by Gasteiger charge is -2.20. The van der Waals surface area contributed by atoms with Gasteiger partial charge in [0, 0.05) is 19.6 Å². The molecule has 2 heterocycles. The molecule has 1 aliphatic rings. The Kier molecular flexibility index (Phi) is 4.43. The van der Waals surface area contributed by atoms with Crippen LogP contribution in [0.2, 0.25) is 0 Å². The monoisotopic (exact) mass is 312 g/mol. The summed E-state index contributed by atoms with van der Waals surface area (Å²) in [7, 11) is 0. The van der Waals surface area contributed by atoms with E-state index in [-0.39, 0.29) is 0 Å². The first-order valence-corrected chi connectivity index (χ1v) is 7.49. The number of halogens is 1. The van der Waals surface area contributed by atoms with Crippen LogP contribution in [0.15, 0.2) is 4.47 Å². The zero-order valence-corrected chi connectivity index (χ0v) is 12.9. The molecule has 1 saturated heterocycles. The molecule has 2 rings (SSSR count). The lowest BCUT2D eigenvalue weighted by atomic mass is 10.1.